The average Bonchev–Trinajstić information content (AvgIpc) is 3.34. The first kappa shape index (κ1) is 23.7. The van der Waals surface area contributed by atoms with Crippen LogP contribution in [0.25, 0.3) is 5.69 Å². The van der Waals surface area contributed by atoms with Crippen LogP contribution in [-0.2, 0) is 21.2 Å². The monoisotopic (exact) mass is 454 g/mol. The number of benzene rings is 2. The van der Waals surface area contributed by atoms with E-state index in [4.69, 9.17) is 0 Å². The van der Waals surface area contributed by atoms with Gasteiger partial charge in [-0.2, -0.15) is 4.31 Å². The fourth-order valence-corrected chi connectivity index (χ4v) is 5.00. The molecule has 0 saturated carbocycles. The number of aromatic nitrogens is 2. The number of aryl methyl sites for hydroxylation is 1. The first-order chi connectivity index (χ1) is 15.3. The zero-order valence-corrected chi connectivity index (χ0v) is 19.5. The molecule has 0 aliphatic rings. The number of nitrogens with zero attached hydrogens (tertiary/aromatic N) is 3. The molecule has 0 aliphatic heterocycles. The van der Waals surface area contributed by atoms with Gasteiger partial charge in [-0.1, -0.05) is 38.1 Å². The fraction of sp³-hybridized carbons (Fsp3) is 0.333. The Morgan fingerprint density at radius 3 is 2.28 bits per heavy atom. The average molecular weight is 455 g/mol. The highest BCUT2D eigenvalue weighted by atomic mass is 32.2. The van der Waals surface area contributed by atoms with E-state index in [9.17, 15) is 13.2 Å². The molecule has 7 nitrogen and oxygen atoms in total. The summed E-state index contributed by atoms with van der Waals surface area (Å²) in [6.07, 6.45) is 6.23. The van der Waals surface area contributed by atoms with Crippen molar-refractivity contribution in [3.8, 4) is 5.69 Å². The summed E-state index contributed by atoms with van der Waals surface area (Å²) in [5.41, 5.74) is 2.96. The van der Waals surface area contributed by atoms with Crippen molar-refractivity contribution in [2.45, 2.75) is 44.6 Å². The molecular weight excluding hydrogens is 424 g/mol. The summed E-state index contributed by atoms with van der Waals surface area (Å²) in [6, 6.07) is 14.7. The quantitative estimate of drug-likeness (QED) is 0.506. The first-order valence-corrected chi connectivity index (χ1v) is 12.3. The molecule has 1 atom stereocenters. The Hall–Kier alpha value is -2.97. The van der Waals surface area contributed by atoms with Crippen molar-refractivity contribution in [3.63, 3.8) is 0 Å². The van der Waals surface area contributed by atoms with Crippen molar-refractivity contribution in [2.75, 3.05) is 13.1 Å². The third-order valence-electron chi connectivity index (χ3n) is 5.48. The first-order valence-electron chi connectivity index (χ1n) is 10.8. The van der Waals surface area contributed by atoms with Gasteiger partial charge in [0, 0.05) is 37.6 Å². The highest BCUT2D eigenvalue weighted by Gasteiger charge is 2.21. The van der Waals surface area contributed by atoms with Gasteiger partial charge in [-0.3, -0.25) is 4.79 Å². The molecule has 2 aromatic carbocycles. The molecule has 1 heterocycles. The number of sulfonamides is 1. The van der Waals surface area contributed by atoms with E-state index in [1.807, 2.05) is 55.8 Å². The summed E-state index contributed by atoms with van der Waals surface area (Å²) < 4.78 is 28.5. The number of hydrogen-bond acceptors (Lipinski definition) is 4. The Morgan fingerprint density at radius 1 is 1.06 bits per heavy atom. The van der Waals surface area contributed by atoms with Crippen LogP contribution in [0.15, 0.2) is 72.1 Å². The van der Waals surface area contributed by atoms with E-state index in [-0.39, 0.29) is 16.8 Å². The number of amides is 1. The van der Waals surface area contributed by atoms with Gasteiger partial charge in [-0.05, 0) is 48.7 Å². The summed E-state index contributed by atoms with van der Waals surface area (Å²) in [7, 11) is -3.46. The maximum atomic E-state index is 12.6. The molecule has 0 aliphatic carbocycles. The SMILES string of the molecule is CCN(CC)S(=O)(=O)c1ccc(CCC(=O)NC(C)c2ccc(-n3ccnc3)cc2)cc1. The minimum absolute atomic E-state index is 0.0453. The molecule has 3 rings (SSSR count). The number of carbonyl (C=O) groups is 1. The van der Waals surface area contributed by atoms with E-state index >= 15 is 0 Å². The fourth-order valence-electron chi connectivity index (χ4n) is 3.54. The van der Waals surface area contributed by atoms with Gasteiger partial charge in [0.05, 0.1) is 17.3 Å². The van der Waals surface area contributed by atoms with Crippen LogP contribution < -0.4 is 5.32 Å². The lowest BCUT2D eigenvalue weighted by Gasteiger charge is -2.18. The Bertz CT molecular complexity index is 1110. The molecule has 32 heavy (non-hydrogen) atoms. The summed E-state index contributed by atoms with van der Waals surface area (Å²) in [5, 5.41) is 3.03. The van der Waals surface area contributed by atoms with Crippen molar-refractivity contribution in [3.05, 3.63) is 78.4 Å². The molecule has 3 aromatic rings. The normalized spacial score (nSPS) is 12.6. The molecule has 0 fully saturated rings. The van der Waals surface area contributed by atoms with Crippen molar-refractivity contribution < 1.29 is 13.2 Å². The number of imidazole rings is 1. The minimum Gasteiger partial charge on any atom is -0.350 e. The topological polar surface area (TPSA) is 84.3 Å². The third kappa shape index (κ3) is 5.63. The summed E-state index contributed by atoms with van der Waals surface area (Å²) in [6.45, 7) is 6.47. The van der Waals surface area contributed by atoms with E-state index in [0.717, 1.165) is 16.8 Å². The molecule has 170 valence electrons. The van der Waals surface area contributed by atoms with E-state index in [1.54, 1.807) is 36.8 Å². The second-order valence-corrected chi connectivity index (χ2v) is 9.52. The van der Waals surface area contributed by atoms with Crippen LogP contribution in [0, 0.1) is 0 Å². The lowest BCUT2D eigenvalue weighted by Crippen LogP contribution is -2.30. The van der Waals surface area contributed by atoms with Crippen LogP contribution in [0.1, 0.15) is 44.4 Å². The lowest BCUT2D eigenvalue weighted by molar-refractivity contribution is -0.121. The van der Waals surface area contributed by atoms with Gasteiger partial charge >= 0.3 is 0 Å². The standard InChI is InChI=1S/C24H30N4O3S/c1-4-28(5-2)32(30,31)23-13-6-20(7-14-23)8-15-24(29)26-19(3)21-9-11-22(12-10-21)27-17-16-25-18-27/h6-7,9-14,16-19H,4-5,8,15H2,1-3H3,(H,26,29). The van der Waals surface area contributed by atoms with E-state index in [0.29, 0.717) is 25.9 Å². The van der Waals surface area contributed by atoms with Gasteiger partial charge < -0.3 is 9.88 Å². The van der Waals surface area contributed by atoms with Gasteiger partial charge in [0.1, 0.15) is 0 Å². The van der Waals surface area contributed by atoms with Crippen LogP contribution in [0.4, 0.5) is 0 Å². The van der Waals surface area contributed by atoms with Crippen LogP contribution in [0.3, 0.4) is 0 Å². The van der Waals surface area contributed by atoms with E-state index in [2.05, 4.69) is 10.3 Å². The molecule has 0 bridgehead atoms. The molecule has 0 radical (unpaired) electrons. The Balaban J connectivity index is 1.53. The molecule has 1 unspecified atom stereocenters. The van der Waals surface area contributed by atoms with Crippen LogP contribution in [0.5, 0.6) is 0 Å². The van der Waals surface area contributed by atoms with Crippen molar-refractivity contribution in [1.82, 2.24) is 19.2 Å². The predicted octanol–water partition coefficient (Wildman–Crippen LogP) is 3.71. The molecule has 1 aromatic heterocycles. The van der Waals surface area contributed by atoms with Gasteiger partial charge in [0.2, 0.25) is 15.9 Å². The predicted molar refractivity (Wildman–Crippen MR) is 125 cm³/mol. The van der Waals surface area contributed by atoms with Gasteiger partial charge in [0.25, 0.3) is 0 Å². The van der Waals surface area contributed by atoms with Gasteiger partial charge in [0.15, 0.2) is 0 Å². The maximum absolute atomic E-state index is 12.6. The number of carbonyl (C=O) groups excluding carboxylic acids is 1. The number of rotatable bonds is 10. The molecule has 0 saturated heterocycles. The van der Waals surface area contributed by atoms with Crippen LogP contribution in [-0.4, -0.2) is 41.3 Å². The van der Waals surface area contributed by atoms with Gasteiger partial charge in [-0.25, -0.2) is 13.4 Å². The Morgan fingerprint density at radius 2 is 1.72 bits per heavy atom. The van der Waals surface area contributed by atoms with Crippen LogP contribution >= 0.6 is 0 Å². The third-order valence-corrected chi connectivity index (χ3v) is 7.54. The minimum atomic E-state index is -3.46. The van der Waals surface area contributed by atoms with E-state index in [1.165, 1.54) is 4.31 Å². The summed E-state index contributed by atoms with van der Waals surface area (Å²) in [4.78, 5) is 16.7. The van der Waals surface area contributed by atoms with Crippen molar-refractivity contribution >= 4 is 15.9 Å². The largest absolute Gasteiger partial charge is 0.350 e. The second-order valence-electron chi connectivity index (χ2n) is 7.58. The summed E-state index contributed by atoms with van der Waals surface area (Å²) in [5.74, 6) is -0.0453. The molecule has 1 N–H and O–H groups in total. The van der Waals surface area contributed by atoms with Crippen LogP contribution in [0.2, 0.25) is 0 Å². The van der Waals surface area contributed by atoms with E-state index < -0.39 is 10.0 Å². The molecular formula is C24H30N4O3S. The zero-order chi connectivity index (χ0) is 23.1. The second kappa shape index (κ2) is 10.6. The molecule has 8 heteroatoms. The number of hydrogen-bond donors (Lipinski definition) is 1. The highest BCUT2D eigenvalue weighted by molar-refractivity contribution is 7.89. The van der Waals surface area contributed by atoms with Gasteiger partial charge in [-0.15, -0.1) is 0 Å². The zero-order valence-electron chi connectivity index (χ0n) is 18.7. The lowest BCUT2D eigenvalue weighted by atomic mass is 10.1. The molecule has 0 spiro atoms. The maximum Gasteiger partial charge on any atom is 0.243 e. The summed E-state index contributed by atoms with van der Waals surface area (Å²) >= 11 is 0. The highest BCUT2D eigenvalue weighted by Crippen LogP contribution is 2.18. The number of nitrogens with one attached hydrogen (secondary N) is 1. The molecule has 1 amide bonds. The Kier molecular flexibility index (Phi) is 7.82. The van der Waals surface area contributed by atoms with Crippen molar-refractivity contribution in [2.24, 2.45) is 0 Å². The van der Waals surface area contributed by atoms with Crippen molar-refractivity contribution in [1.29, 1.82) is 0 Å². The Labute approximate surface area is 190 Å². The smallest absolute Gasteiger partial charge is 0.243 e.